The lowest BCUT2D eigenvalue weighted by Gasteiger charge is -2.32. The summed E-state index contributed by atoms with van der Waals surface area (Å²) in [6.07, 6.45) is 0. The average Bonchev–Trinajstić information content (AvgIpc) is 2.89. The van der Waals surface area contributed by atoms with Gasteiger partial charge in [-0.3, -0.25) is 0 Å². The van der Waals surface area contributed by atoms with Crippen LogP contribution >= 0.6 is 0 Å². The van der Waals surface area contributed by atoms with Crippen LogP contribution in [0.4, 0.5) is 0 Å². The lowest BCUT2D eigenvalue weighted by molar-refractivity contribution is 0.00578. The van der Waals surface area contributed by atoms with Gasteiger partial charge in [0.05, 0.1) is 23.2 Å². The lowest BCUT2D eigenvalue weighted by Crippen LogP contribution is -2.41. The van der Waals surface area contributed by atoms with Crippen LogP contribution in [0.25, 0.3) is 0 Å². The van der Waals surface area contributed by atoms with Gasteiger partial charge in [0.15, 0.2) is 0 Å². The molecule has 0 atom stereocenters. The van der Waals surface area contributed by atoms with E-state index in [9.17, 15) is 8.42 Å². The van der Waals surface area contributed by atoms with E-state index < -0.39 is 28.3 Å². The zero-order chi connectivity index (χ0) is 21.4. The summed E-state index contributed by atoms with van der Waals surface area (Å²) >= 11 is 0. The van der Waals surface area contributed by atoms with Crippen LogP contribution in [0.15, 0.2) is 53.4 Å². The van der Waals surface area contributed by atoms with Gasteiger partial charge in [0.25, 0.3) is 0 Å². The molecule has 2 aromatic rings. The fraction of sp³-hybridized carbons (Fsp3) is 0.429. The second-order valence-corrected chi connectivity index (χ2v) is 10.3. The van der Waals surface area contributed by atoms with E-state index in [1.807, 2.05) is 52.0 Å². The molecule has 1 saturated heterocycles. The molecule has 1 aliphatic rings. The van der Waals surface area contributed by atoms with Crippen molar-refractivity contribution in [2.24, 2.45) is 0 Å². The van der Waals surface area contributed by atoms with E-state index in [1.165, 1.54) is 4.31 Å². The Kier molecular flexibility index (Phi) is 5.84. The van der Waals surface area contributed by atoms with Crippen molar-refractivity contribution in [2.45, 2.75) is 50.3 Å². The average molecular weight is 417 g/mol. The first-order valence-corrected chi connectivity index (χ1v) is 11.0. The Bertz CT molecular complexity index is 940. The molecule has 0 aliphatic carbocycles. The molecule has 0 spiro atoms. The molecule has 0 aromatic heterocycles. The highest BCUT2D eigenvalue weighted by molar-refractivity contribution is 7.89. The Labute approximate surface area is 174 Å². The minimum absolute atomic E-state index is 0.230. The molecule has 0 saturated carbocycles. The minimum atomic E-state index is -3.62. The van der Waals surface area contributed by atoms with Gasteiger partial charge in [0.1, 0.15) is 5.75 Å². The monoisotopic (exact) mass is 417 g/mol. The van der Waals surface area contributed by atoms with Gasteiger partial charge in [-0.2, -0.15) is 4.31 Å². The summed E-state index contributed by atoms with van der Waals surface area (Å²) in [4.78, 5) is 0.230. The van der Waals surface area contributed by atoms with Crippen LogP contribution in [0.1, 0.15) is 33.3 Å². The van der Waals surface area contributed by atoms with E-state index in [-0.39, 0.29) is 11.4 Å². The zero-order valence-corrected chi connectivity index (χ0v) is 18.6. The largest absolute Gasteiger partial charge is 0.497 e. The summed E-state index contributed by atoms with van der Waals surface area (Å²) in [7, 11) is -0.971. The molecule has 6 nitrogen and oxygen atoms in total. The number of sulfonamides is 1. The molecular formula is C21H28BNO5S. The molecule has 0 N–H and O–H groups in total. The van der Waals surface area contributed by atoms with Crippen molar-refractivity contribution in [1.82, 2.24) is 4.31 Å². The Morgan fingerprint density at radius 3 is 1.93 bits per heavy atom. The number of hydrogen-bond acceptors (Lipinski definition) is 5. The fourth-order valence-corrected chi connectivity index (χ4v) is 4.19. The Hall–Kier alpha value is -1.87. The van der Waals surface area contributed by atoms with E-state index in [4.69, 9.17) is 14.0 Å². The molecule has 29 heavy (non-hydrogen) atoms. The summed E-state index contributed by atoms with van der Waals surface area (Å²) in [5.41, 5.74) is 0.785. The van der Waals surface area contributed by atoms with E-state index >= 15 is 0 Å². The highest BCUT2D eigenvalue weighted by Crippen LogP contribution is 2.36. The smallest absolute Gasteiger partial charge is 0.494 e. The van der Waals surface area contributed by atoms with Crippen molar-refractivity contribution >= 4 is 22.6 Å². The summed E-state index contributed by atoms with van der Waals surface area (Å²) in [5.74, 6) is 0.734. The standard InChI is InChI=1S/C21H28BNO5S/c1-20(2)21(3,4)28-22(27-20)17-9-13-19(14-10-17)29(24,25)23(5)15-16-7-11-18(26-6)12-8-16/h7-14H,15H2,1-6H3. The molecule has 8 heteroatoms. The van der Waals surface area contributed by atoms with Gasteiger partial charge >= 0.3 is 7.12 Å². The van der Waals surface area contributed by atoms with Crippen molar-refractivity contribution in [2.75, 3.05) is 14.2 Å². The molecular weight excluding hydrogens is 389 g/mol. The highest BCUT2D eigenvalue weighted by Gasteiger charge is 2.51. The number of methoxy groups -OCH3 is 1. The Morgan fingerprint density at radius 2 is 1.45 bits per heavy atom. The maximum Gasteiger partial charge on any atom is 0.494 e. The van der Waals surface area contributed by atoms with Crippen molar-refractivity contribution < 1.29 is 22.5 Å². The van der Waals surface area contributed by atoms with E-state index in [0.717, 1.165) is 16.8 Å². The summed E-state index contributed by atoms with van der Waals surface area (Å²) in [6.45, 7) is 8.21. The second-order valence-electron chi connectivity index (χ2n) is 8.27. The molecule has 0 unspecified atom stereocenters. The molecule has 1 heterocycles. The van der Waals surface area contributed by atoms with Gasteiger partial charge in [-0.15, -0.1) is 0 Å². The third-order valence-corrected chi connectivity index (χ3v) is 7.50. The van der Waals surface area contributed by atoms with Crippen LogP contribution in [0.2, 0.25) is 0 Å². The number of nitrogens with zero attached hydrogens (tertiary/aromatic N) is 1. The van der Waals surface area contributed by atoms with Gasteiger partial charge in [-0.25, -0.2) is 8.42 Å². The number of hydrogen-bond donors (Lipinski definition) is 0. The van der Waals surface area contributed by atoms with Crippen molar-refractivity contribution in [3.05, 3.63) is 54.1 Å². The van der Waals surface area contributed by atoms with Crippen LogP contribution in [-0.4, -0.2) is 45.2 Å². The quantitative estimate of drug-likeness (QED) is 0.677. The summed E-state index contributed by atoms with van der Waals surface area (Å²) < 4.78 is 44.4. The van der Waals surface area contributed by atoms with Gasteiger partial charge in [-0.1, -0.05) is 24.3 Å². The number of rotatable bonds is 6. The molecule has 2 aromatic carbocycles. The SMILES string of the molecule is COc1ccc(CN(C)S(=O)(=O)c2ccc(B3OC(C)(C)C(C)(C)O3)cc2)cc1. The normalized spacial score (nSPS) is 18.2. The topological polar surface area (TPSA) is 65.1 Å². The summed E-state index contributed by atoms with van der Waals surface area (Å²) in [5, 5.41) is 0. The maximum absolute atomic E-state index is 12.9. The van der Waals surface area contributed by atoms with Gasteiger partial charge < -0.3 is 14.0 Å². The lowest BCUT2D eigenvalue weighted by atomic mass is 9.79. The molecule has 156 valence electrons. The van der Waals surface area contributed by atoms with E-state index in [1.54, 1.807) is 38.4 Å². The molecule has 0 amide bonds. The number of benzene rings is 2. The van der Waals surface area contributed by atoms with Gasteiger partial charge in [0.2, 0.25) is 10.0 Å². The van der Waals surface area contributed by atoms with E-state index in [0.29, 0.717) is 0 Å². The van der Waals surface area contributed by atoms with Crippen molar-refractivity contribution in [3.8, 4) is 5.75 Å². The van der Waals surface area contributed by atoms with Crippen molar-refractivity contribution in [3.63, 3.8) is 0 Å². The van der Waals surface area contributed by atoms with Gasteiger partial charge in [0, 0.05) is 13.6 Å². The predicted molar refractivity (Wildman–Crippen MR) is 114 cm³/mol. The van der Waals surface area contributed by atoms with Gasteiger partial charge in [-0.05, 0) is 63.0 Å². The number of ether oxygens (including phenoxy) is 1. The zero-order valence-electron chi connectivity index (χ0n) is 17.8. The first-order chi connectivity index (χ1) is 13.5. The molecule has 0 bridgehead atoms. The molecule has 1 fully saturated rings. The third-order valence-electron chi connectivity index (χ3n) is 5.68. The van der Waals surface area contributed by atoms with Crippen LogP contribution < -0.4 is 10.2 Å². The van der Waals surface area contributed by atoms with Crippen molar-refractivity contribution in [1.29, 1.82) is 0 Å². The fourth-order valence-electron chi connectivity index (χ4n) is 3.03. The van der Waals surface area contributed by atoms with E-state index in [2.05, 4.69) is 0 Å². The molecule has 0 radical (unpaired) electrons. The summed E-state index contributed by atoms with van der Waals surface area (Å²) in [6, 6.07) is 14.0. The van der Waals surface area contributed by atoms with Crippen LogP contribution in [0.3, 0.4) is 0 Å². The maximum atomic E-state index is 12.9. The highest BCUT2D eigenvalue weighted by atomic mass is 32.2. The first kappa shape index (κ1) is 21.8. The molecule has 3 rings (SSSR count). The molecule has 1 aliphatic heterocycles. The van der Waals surface area contributed by atoms with Crippen LogP contribution in [-0.2, 0) is 25.9 Å². The first-order valence-electron chi connectivity index (χ1n) is 9.51. The van der Waals surface area contributed by atoms with Crippen LogP contribution in [0, 0.1) is 0 Å². The minimum Gasteiger partial charge on any atom is -0.497 e. The third kappa shape index (κ3) is 4.35. The van der Waals surface area contributed by atoms with Crippen LogP contribution in [0.5, 0.6) is 5.75 Å². The predicted octanol–water partition coefficient (Wildman–Crippen LogP) is 2.82. The second kappa shape index (κ2) is 7.76. The Morgan fingerprint density at radius 1 is 0.931 bits per heavy atom. The Balaban J connectivity index is 1.74.